The summed E-state index contributed by atoms with van der Waals surface area (Å²) >= 11 is 1.25. The van der Waals surface area contributed by atoms with Gasteiger partial charge in [-0.3, -0.25) is 14.2 Å². The van der Waals surface area contributed by atoms with E-state index < -0.39 is 54.2 Å². The van der Waals surface area contributed by atoms with Crippen molar-refractivity contribution >= 4 is 100 Å². The maximum atomic E-state index is 16.9. The topological polar surface area (TPSA) is 189 Å². The third kappa shape index (κ3) is 10.7. The molecule has 0 radical (unpaired) electrons. The second-order valence-electron chi connectivity index (χ2n) is 19.2. The molecule has 2 unspecified atom stereocenters. The van der Waals surface area contributed by atoms with Crippen molar-refractivity contribution < 1.29 is 46.6 Å². The zero-order chi connectivity index (χ0) is 49.3. The maximum Gasteiger partial charge on any atom is 0.407 e. The van der Waals surface area contributed by atoms with Crippen LogP contribution in [0.15, 0.2) is 60.9 Å². The Balaban J connectivity index is 0.00000223. The maximum absolute atomic E-state index is 16.9. The van der Waals surface area contributed by atoms with E-state index in [1.165, 1.54) is 31.6 Å². The smallest absolute Gasteiger partial charge is 0.407 e. The number of aromatic amines is 2. The summed E-state index contributed by atoms with van der Waals surface area (Å²) in [6.45, 7) is 8.39. The zero-order valence-corrected chi connectivity index (χ0v) is 46.3. The average molecular weight is 1120 g/mol. The van der Waals surface area contributed by atoms with Crippen LogP contribution >= 0.6 is 65.3 Å². The number of alkyl halides is 2. The Bertz CT molecular complexity index is 3030. The molecule has 0 bridgehead atoms. The normalized spacial score (nSPS) is 19.9. The highest BCUT2D eigenvalue weighted by atomic mass is 32.1. The number of fused-ring (bicyclic) bond motifs is 5. The number of aromatic nitrogens is 5. The number of nitrogens with one attached hydrogen (secondary N) is 4. The van der Waals surface area contributed by atoms with E-state index in [0.29, 0.717) is 70.0 Å². The van der Waals surface area contributed by atoms with Crippen LogP contribution < -0.4 is 15.4 Å². The molecule has 74 heavy (non-hydrogen) atoms. The number of amides is 4. The largest absolute Gasteiger partial charge is 0.464 e. The van der Waals surface area contributed by atoms with Crippen molar-refractivity contribution in [1.82, 2.24) is 44.9 Å². The Morgan fingerprint density at radius 2 is 1.28 bits per heavy atom. The Kier molecular flexibility index (Phi) is 17.8. The summed E-state index contributed by atoms with van der Waals surface area (Å²) in [5.41, 5.74) is 3.92. The molecule has 1 aliphatic carbocycles. The SMILES string of the molecule is COC(=O)N[C@H](C(=O)N1CCC[C@H]1c1ncc(-c2cc(F)c3c(c2)OC(c2ccc(C4CC4(F)F)s2)n2c-3cc3cc(-c4cnc([C@@H]5CCCN5C(=O)[C@@H](NC(=O)OC)C(C)C)[nH]4)ccc32)[nH]1)C(C)C.S.S.S.S. The molecule has 24 heteroatoms. The first kappa shape index (κ1) is 57.8. The van der Waals surface area contributed by atoms with E-state index >= 15 is 4.39 Å². The van der Waals surface area contributed by atoms with Gasteiger partial charge in [-0.1, -0.05) is 33.8 Å². The van der Waals surface area contributed by atoms with E-state index in [4.69, 9.17) is 19.2 Å². The third-order valence-electron chi connectivity index (χ3n) is 14.0. The van der Waals surface area contributed by atoms with Crippen molar-refractivity contribution in [3.63, 3.8) is 0 Å². The molecule has 4 N–H and O–H groups in total. The molecular formula is C50H62F3N9O7S5. The van der Waals surface area contributed by atoms with Crippen LogP contribution in [0.2, 0.25) is 0 Å². The summed E-state index contributed by atoms with van der Waals surface area (Å²) in [5.74, 6) is -3.67. The highest BCUT2D eigenvalue weighted by Crippen LogP contribution is 2.58. The summed E-state index contributed by atoms with van der Waals surface area (Å²) in [4.78, 5) is 72.7. The van der Waals surface area contributed by atoms with Crippen molar-refractivity contribution in [2.24, 2.45) is 11.8 Å². The van der Waals surface area contributed by atoms with Crippen molar-refractivity contribution in [2.45, 2.75) is 102 Å². The van der Waals surface area contributed by atoms with Gasteiger partial charge in [-0.15, -0.1) is 11.3 Å². The number of hydrogen-bond acceptors (Lipinski definition) is 10. The highest BCUT2D eigenvalue weighted by molar-refractivity contribution is 7.59. The number of hydrogen-bond donors (Lipinski definition) is 4. The van der Waals surface area contributed by atoms with Crippen LogP contribution in [0.3, 0.4) is 0 Å². The molecule has 400 valence electrons. The van der Waals surface area contributed by atoms with Crippen molar-refractivity contribution in [1.29, 1.82) is 0 Å². The van der Waals surface area contributed by atoms with E-state index in [0.717, 1.165) is 29.3 Å². The van der Waals surface area contributed by atoms with Gasteiger partial charge in [0.15, 0.2) is 0 Å². The molecule has 4 aliphatic rings. The summed E-state index contributed by atoms with van der Waals surface area (Å²) < 4.78 is 63.8. The van der Waals surface area contributed by atoms with Gasteiger partial charge >= 0.3 is 12.2 Å². The standard InChI is InChI=1S/C50H54F3N9O7S.4H2S/c1-24(2)41(58-48(65)67-5)45(63)60-15-7-9-34(60)43-54-22-31(56-43)26-11-12-33-28(17-26)19-36-40-30(51)18-27(20-37(40)69-47(62(33)36)39-14-13-38(70-39)29-21-50(29,52)53)32-23-55-44(57-32)35-10-8-16-61(35)46(64)42(25(3)4)59-49(66)68-6;;;;/h11-14,17-20,22-25,29,34-35,41-42,47H,7-10,15-16,21H2,1-6H3,(H,54,56)(H,55,57)(H,58,65)(H,59,66);4*1H2/t29?,34-,35-,41-,42-,47?;;;;/m0..../s1. The minimum atomic E-state index is -2.76. The fourth-order valence-electron chi connectivity index (χ4n) is 10.2. The Morgan fingerprint density at radius 3 is 1.80 bits per heavy atom. The number of alkyl carbamates (subject to hydrolysis) is 2. The van der Waals surface area contributed by atoms with Crippen LogP contribution in [0, 0.1) is 17.7 Å². The second kappa shape index (κ2) is 22.8. The zero-order valence-electron chi connectivity index (χ0n) is 41.5. The number of rotatable bonds is 12. The van der Waals surface area contributed by atoms with Gasteiger partial charge in [0, 0.05) is 40.9 Å². The van der Waals surface area contributed by atoms with Gasteiger partial charge in [-0.2, -0.15) is 54.0 Å². The number of benzene rings is 2. The summed E-state index contributed by atoms with van der Waals surface area (Å²) in [6, 6.07) is 12.0. The number of imidazole rings is 2. The van der Waals surface area contributed by atoms with E-state index in [1.54, 1.807) is 40.4 Å². The number of ether oxygens (including phenoxy) is 3. The van der Waals surface area contributed by atoms with Gasteiger partial charge in [0.1, 0.15) is 35.3 Å². The lowest BCUT2D eigenvalue weighted by atomic mass is 10.0. The molecule has 4 amide bonds. The molecule has 2 saturated heterocycles. The number of likely N-dealkylation sites (tertiary alicyclic amines) is 2. The lowest BCUT2D eigenvalue weighted by Crippen LogP contribution is -2.51. The minimum Gasteiger partial charge on any atom is -0.464 e. The predicted molar refractivity (Wildman–Crippen MR) is 295 cm³/mol. The predicted octanol–water partition coefficient (Wildman–Crippen LogP) is 9.89. The number of methoxy groups -OCH3 is 2. The fourth-order valence-corrected chi connectivity index (χ4v) is 11.4. The quantitative estimate of drug-likeness (QED) is 0.0925. The summed E-state index contributed by atoms with van der Waals surface area (Å²) in [7, 11) is 2.50. The number of carbonyl (C=O) groups is 4. The van der Waals surface area contributed by atoms with E-state index in [2.05, 4.69) is 25.6 Å². The Labute approximate surface area is 458 Å². The summed E-state index contributed by atoms with van der Waals surface area (Å²) in [6.07, 6.45) is 3.69. The number of thiophene rings is 1. The van der Waals surface area contributed by atoms with Crippen molar-refractivity contribution in [2.75, 3.05) is 27.3 Å². The van der Waals surface area contributed by atoms with Gasteiger partial charge in [-0.25, -0.2) is 32.7 Å². The molecule has 3 fully saturated rings. The first-order valence-corrected chi connectivity index (χ1v) is 24.4. The second-order valence-corrected chi connectivity index (χ2v) is 20.3. The number of halogens is 3. The Morgan fingerprint density at radius 1 is 0.757 bits per heavy atom. The average Bonchev–Trinajstić information content (AvgIpc) is 4.15. The lowest BCUT2D eigenvalue weighted by Gasteiger charge is -2.30. The molecule has 10 rings (SSSR count). The molecule has 4 aromatic heterocycles. The van der Waals surface area contributed by atoms with E-state index in [1.807, 2.05) is 56.5 Å². The van der Waals surface area contributed by atoms with Gasteiger partial charge in [0.2, 0.25) is 18.0 Å². The summed E-state index contributed by atoms with van der Waals surface area (Å²) in [5, 5.41) is 6.11. The molecule has 1 saturated carbocycles. The molecule has 0 spiro atoms. The molecule has 2 aromatic carbocycles. The number of nitrogens with zero attached hydrogens (tertiary/aromatic N) is 5. The number of carbonyl (C=O) groups excluding carboxylic acids is 4. The molecule has 3 aliphatic heterocycles. The van der Waals surface area contributed by atoms with Crippen LogP contribution in [0.5, 0.6) is 5.75 Å². The van der Waals surface area contributed by atoms with Gasteiger partial charge < -0.3 is 44.6 Å². The van der Waals surface area contributed by atoms with E-state index in [9.17, 15) is 28.0 Å². The monoisotopic (exact) mass is 1120 g/mol. The Hall–Kier alpha value is -5.43. The highest BCUT2D eigenvalue weighted by Gasteiger charge is 2.58. The van der Waals surface area contributed by atoms with Crippen LogP contribution in [0.4, 0.5) is 22.8 Å². The minimum absolute atomic E-state index is 0. The van der Waals surface area contributed by atoms with Crippen LogP contribution in [0.25, 0.3) is 44.7 Å². The van der Waals surface area contributed by atoms with Crippen LogP contribution in [-0.2, 0) is 19.1 Å². The third-order valence-corrected chi connectivity index (χ3v) is 15.2. The molecule has 7 heterocycles. The lowest BCUT2D eigenvalue weighted by molar-refractivity contribution is -0.136. The van der Waals surface area contributed by atoms with Gasteiger partial charge in [-0.05, 0) is 80.0 Å². The van der Waals surface area contributed by atoms with Crippen molar-refractivity contribution in [3.05, 3.63) is 88.1 Å². The molecule has 16 nitrogen and oxygen atoms in total. The van der Waals surface area contributed by atoms with Crippen LogP contribution in [0.1, 0.15) is 105 Å². The molecule has 6 atom stereocenters. The first-order valence-electron chi connectivity index (χ1n) is 23.6. The number of H-pyrrole nitrogens is 2. The van der Waals surface area contributed by atoms with Gasteiger partial charge in [0.05, 0.1) is 77.7 Å². The molecular weight excluding hydrogens is 1060 g/mol. The fraction of sp³-hybridized carbons (Fsp3) is 0.440. The van der Waals surface area contributed by atoms with Gasteiger partial charge in [0.25, 0.3) is 5.92 Å². The van der Waals surface area contributed by atoms with Crippen molar-refractivity contribution in [3.8, 4) is 39.5 Å². The molecule has 6 aromatic rings. The van der Waals surface area contributed by atoms with E-state index in [-0.39, 0.29) is 101 Å². The first-order chi connectivity index (χ1) is 33.5. The van der Waals surface area contributed by atoms with Crippen LogP contribution in [-0.4, -0.2) is 104 Å².